The standard InChI is InChI=1S/C12H19N/c1-11(2)7-6-8-12(3)13-9-4-5-10-13/h4-5,7,9-10,12H,6,8H2,1-3H3. The fourth-order valence-electron chi connectivity index (χ4n) is 1.40. The van der Waals surface area contributed by atoms with Gasteiger partial charge < -0.3 is 4.57 Å². The first-order valence-corrected chi connectivity index (χ1v) is 4.96. The van der Waals surface area contributed by atoms with Gasteiger partial charge >= 0.3 is 0 Å². The quantitative estimate of drug-likeness (QED) is 0.616. The van der Waals surface area contributed by atoms with Gasteiger partial charge in [-0.2, -0.15) is 0 Å². The minimum Gasteiger partial charge on any atom is -0.352 e. The Labute approximate surface area is 81.1 Å². The Kier molecular flexibility index (Phi) is 3.81. The molecular formula is C12H19N. The summed E-state index contributed by atoms with van der Waals surface area (Å²) >= 11 is 0. The molecule has 0 aliphatic rings. The predicted octanol–water partition coefficient (Wildman–Crippen LogP) is 3.80. The molecule has 1 rings (SSSR count). The minimum atomic E-state index is 0.616. The molecule has 1 unspecified atom stereocenters. The first-order valence-electron chi connectivity index (χ1n) is 4.96. The normalized spacial score (nSPS) is 12.5. The maximum Gasteiger partial charge on any atom is 0.0305 e. The van der Waals surface area contributed by atoms with Crippen LogP contribution in [0.5, 0.6) is 0 Å². The summed E-state index contributed by atoms with van der Waals surface area (Å²) in [5.41, 5.74) is 1.42. The average molecular weight is 177 g/mol. The van der Waals surface area contributed by atoms with Gasteiger partial charge in [0.05, 0.1) is 0 Å². The highest BCUT2D eigenvalue weighted by Gasteiger charge is 2.00. The van der Waals surface area contributed by atoms with Crippen molar-refractivity contribution in [1.82, 2.24) is 4.57 Å². The average Bonchev–Trinajstić information content (AvgIpc) is 2.55. The van der Waals surface area contributed by atoms with Crippen LogP contribution in [0.15, 0.2) is 36.2 Å². The Hall–Kier alpha value is -0.980. The van der Waals surface area contributed by atoms with Crippen molar-refractivity contribution < 1.29 is 0 Å². The van der Waals surface area contributed by atoms with Crippen LogP contribution in [0.1, 0.15) is 39.7 Å². The number of aromatic nitrogens is 1. The zero-order valence-corrected chi connectivity index (χ0v) is 8.83. The summed E-state index contributed by atoms with van der Waals surface area (Å²) in [6.07, 6.45) is 8.97. The number of rotatable bonds is 4. The largest absolute Gasteiger partial charge is 0.352 e. The van der Waals surface area contributed by atoms with Gasteiger partial charge in [0.25, 0.3) is 0 Å². The van der Waals surface area contributed by atoms with Crippen LogP contribution in [0.4, 0.5) is 0 Å². The lowest BCUT2D eigenvalue weighted by Gasteiger charge is -2.11. The summed E-state index contributed by atoms with van der Waals surface area (Å²) in [7, 11) is 0. The fourth-order valence-corrected chi connectivity index (χ4v) is 1.40. The SMILES string of the molecule is CC(C)=CCCC(C)n1cccc1. The van der Waals surface area contributed by atoms with E-state index in [1.54, 1.807) is 0 Å². The molecule has 1 atom stereocenters. The molecule has 13 heavy (non-hydrogen) atoms. The van der Waals surface area contributed by atoms with Gasteiger partial charge in [-0.25, -0.2) is 0 Å². The molecule has 0 bridgehead atoms. The van der Waals surface area contributed by atoms with Gasteiger partial charge in [0, 0.05) is 18.4 Å². The first kappa shape index (κ1) is 10.1. The zero-order chi connectivity index (χ0) is 9.68. The second-order valence-electron chi connectivity index (χ2n) is 3.84. The molecule has 0 saturated carbocycles. The molecule has 1 heteroatoms. The van der Waals surface area contributed by atoms with E-state index in [1.165, 1.54) is 18.4 Å². The van der Waals surface area contributed by atoms with Crippen molar-refractivity contribution in [2.45, 2.75) is 39.7 Å². The lowest BCUT2D eigenvalue weighted by molar-refractivity contribution is 0.513. The number of nitrogens with zero attached hydrogens (tertiary/aromatic N) is 1. The third-order valence-corrected chi connectivity index (χ3v) is 2.27. The van der Waals surface area contributed by atoms with Crippen LogP contribution < -0.4 is 0 Å². The Morgan fingerprint density at radius 1 is 1.31 bits per heavy atom. The fraction of sp³-hybridized carbons (Fsp3) is 0.500. The van der Waals surface area contributed by atoms with Crippen LogP contribution in [-0.2, 0) is 0 Å². The molecular weight excluding hydrogens is 158 g/mol. The highest BCUT2D eigenvalue weighted by Crippen LogP contribution is 2.13. The van der Waals surface area contributed by atoms with E-state index in [9.17, 15) is 0 Å². The molecule has 0 radical (unpaired) electrons. The minimum absolute atomic E-state index is 0.616. The van der Waals surface area contributed by atoms with Crippen LogP contribution >= 0.6 is 0 Å². The Morgan fingerprint density at radius 3 is 2.46 bits per heavy atom. The topological polar surface area (TPSA) is 4.93 Å². The van der Waals surface area contributed by atoms with Crippen molar-refractivity contribution in [1.29, 1.82) is 0 Å². The van der Waals surface area contributed by atoms with Crippen LogP contribution in [0.2, 0.25) is 0 Å². The molecule has 0 saturated heterocycles. The van der Waals surface area contributed by atoms with Crippen LogP contribution in [0.25, 0.3) is 0 Å². The monoisotopic (exact) mass is 177 g/mol. The van der Waals surface area contributed by atoms with E-state index in [-0.39, 0.29) is 0 Å². The zero-order valence-electron chi connectivity index (χ0n) is 8.83. The first-order chi connectivity index (χ1) is 6.20. The maximum atomic E-state index is 2.31. The highest BCUT2D eigenvalue weighted by atomic mass is 15.0. The number of hydrogen-bond donors (Lipinski definition) is 0. The molecule has 72 valence electrons. The Balaban J connectivity index is 2.34. The number of hydrogen-bond acceptors (Lipinski definition) is 0. The van der Waals surface area contributed by atoms with Crippen molar-refractivity contribution in [3.63, 3.8) is 0 Å². The van der Waals surface area contributed by atoms with E-state index in [2.05, 4.69) is 55.9 Å². The summed E-state index contributed by atoms with van der Waals surface area (Å²) in [4.78, 5) is 0. The van der Waals surface area contributed by atoms with Crippen molar-refractivity contribution >= 4 is 0 Å². The van der Waals surface area contributed by atoms with Gasteiger partial charge in [0.1, 0.15) is 0 Å². The molecule has 1 nitrogen and oxygen atoms in total. The van der Waals surface area contributed by atoms with Crippen molar-refractivity contribution in [3.05, 3.63) is 36.2 Å². The second kappa shape index (κ2) is 4.90. The van der Waals surface area contributed by atoms with E-state index in [0.717, 1.165) is 0 Å². The van der Waals surface area contributed by atoms with Crippen molar-refractivity contribution in [2.24, 2.45) is 0 Å². The molecule has 0 amide bonds. The predicted molar refractivity (Wildman–Crippen MR) is 57.8 cm³/mol. The van der Waals surface area contributed by atoms with Crippen LogP contribution in [0, 0.1) is 0 Å². The second-order valence-corrected chi connectivity index (χ2v) is 3.84. The molecule has 1 aromatic rings. The van der Waals surface area contributed by atoms with Gasteiger partial charge in [0.2, 0.25) is 0 Å². The van der Waals surface area contributed by atoms with E-state index >= 15 is 0 Å². The van der Waals surface area contributed by atoms with Gasteiger partial charge in [-0.05, 0) is 45.7 Å². The van der Waals surface area contributed by atoms with E-state index in [4.69, 9.17) is 0 Å². The van der Waals surface area contributed by atoms with E-state index in [0.29, 0.717) is 6.04 Å². The molecule has 0 fully saturated rings. The Morgan fingerprint density at radius 2 is 1.92 bits per heavy atom. The smallest absolute Gasteiger partial charge is 0.0305 e. The number of allylic oxidation sites excluding steroid dienone is 2. The highest BCUT2D eigenvalue weighted by molar-refractivity contribution is 4.95. The van der Waals surface area contributed by atoms with E-state index in [1.807, 2.05) is 0 Å². The van der Waals surface area contributed by atoms with Gasteiger partial charge in [-0.3, -0.25) is 0 Å². The molecule has 0 spiro atoms. The summed E-state index contributed by atoms with van der Waals surface area (Å²) in [5, 5.41) is 0. The van der Waals surface area contributed by atoms with Crippen molar-refractivity contribution in [3.8, 4) is 0 Å². The maximum absolute atomic E-state index is 2.31. The third kappa shape index (κ3) is 3.49. The lowest BCUT2D eigenvalue weighted by atomic mass is 10.1. The molecule has 0 aliphatic heterocycles. The Bertz CT molecular complexity index is 253. The summed E-state index contributed by atoms with van der Waals surface area (Å²) in [5.74, 6) is 0. The molecule has 1 heterocycles. The van der Waals surface area contributed by atoms with Crippen LogP contribution in [-0.4, -0.2) is 4.57 Å². The van der Waals surface area contributed by atoms with Crippen LogP contribution in [0.3, 0.4) is 0 Å². The summed E-state index contributed by atoms with van der Waals surface area (Å²) in [6, 6.07) is 4.78. The van der Waals surface area contributed by atoms with E-state index < -0.39 is 0 Å². The summed E-state index contributed by atoms with van der Waals surface area (Å²) in [6.45, 7) is 6.57. The molecule has 1 aromatic heterocycles. The van der Waals surface area contributed by atoms with Gasteiger partial charge in [0.15, 0.2) is 0 Å². The lowest BCUT2D eigenvalue weighted by Crippen LogP contribution is -2.01. The van der Waals surface area contributed by atoms with Gasteiger partial charge in [-0.15, -0.1) is 0 Å². The summed E-state index contributed by atoms with van der Waals surface area (Å²) < 4.78 is 2.26. The molecule has 0 N–H and O–H groups in total. The molecule has 0 aliphatic carbocycles. The van der Waals surface area contributed by atoms with Gasteiger partial charge in [-0.1, -0.05) is 11.6 Å². The third-order valence-electron chi connectivity index (χ3n) is 2.27. The van der Waals surface area contributed by atoms with Crippen molar-refractivity contribution in [2.75, 3.05) is 0 Å². The molecule has 0 aromatic carbocycles.